The summed E-state index contributed by atoms with van der Waals surface area (Å²) in [6.45, 7) is 0.654. The molecule has 3 aliphatic heterocycles. The molecule has 19 atom stereocenters. The van der Waals surface area contributed by atoms with Crippen LogP contribution >= 0.6 is 0 Å². The summed E-state index contributed by atoms with van der Waals surface area (Å²) in [5.74, 6) is 0. The average Bonchev–Trinajstić information content (AvgIpc) is 3.45. The first-order chi connectivity index (χ1) is 26.0. The maximum Gasteiger partial charge on any atom is 0.187 e. The van der Waals surface area contributed by atoms with Crippen molar-refractivity contribution in [1.82, 2.24) is 0 Å². The first-order valence-electron chi connectivity index (χ1n) is 16.2. The molecule has 0 radical (unpaired) electrons. The van der Waals surface area contributed by atoms with Gasteiger partial charge in [-0.2, -0.15) is 0 Å². The molecule has 294 valence electrons. The highest BCUT2D eigenvalue weighted by Crippen LogP contribution is 2.38. The van der Waals surface area contributed by atoms with Crippen LogP contribution in [0.15, 0.2) is 30.7 Å². The van der Waals surface area contributed by atoms with E-state index in [-0.39, 0.29) is 12.8 Å². The molecule has 0 aromatic heterocycles. The molecule has 30 nitrogen and oxygen atoms in total. The molecule has 4 aliphatic rings. The Morgan fingerprint density at radius 3 is 1.41 bits per heavy atom. The van der Waals surface area contributed by atoms with Crippen LogP contribution < -0.4 is 0 Å². The smallest absolute Gasteiger partial charge is 0.187 e. The molecule has 1 aliphatic carbocycles. The Bertz CT molecular complexity index is 1590. The lowest BCUT2D eigenvalue weighted by molar-refractivity contribution is -0.306. The zero-order chi connectivity index (χ0) is 39.5. The van der Waals surface area contributed by atoms with Gasteiger partial charge in [-0.15, -0.1) is 0 Å². The summed E-state index contributed by atoms with van der Waals surface area (Å²) in [6, 6.07) is -5.91. The van der Waals surface area contributed by atoms with Crippen molar-refractivity contribution < 1.29 is 59.1 Å². The molecular weight excluding hydrogens is 732 g/mol. The van der Waals surface area contributed by atoms with Crippen molar-refractivity contribution in [2.75, 3.05) is 13.1 Å². The fourth-order valence-corrected chi connectivity index (χ4v) is 6.58. The second-order valence-electron chi connectivity index (χ2n) is 12.3. The zero-order valence-electron chi connectivity index (χ0n) is 28.0. The minimum Gasteiger partial charge on any atom is -0.390 e. The lowest BCUT2D eigenvalue weighted by Gasteiger charge is -2.47. The third-order valence-electron chi connectivity index (χ3n) is 9.24. The van der Waals surface area contributed by atoms with Crippen LogP contribution in [0, 0.1) is 0 Å². The van der Waals surface area contributed by atoms with Crippen molar-refractivity contribution in [1.29, 1.82) is 0 Å². The minimum atomic E-state index is -1.84. The number of hydrogen-bond donors (Lipinski definition) is 6. The number of azide groups is 6. The Morgan fingerprint density at radius 1 is 0.500 bits per heavy atom. The molecule has 0 amide bonds. The van der Waals surface area contributed by atoms with Gasteiger partial charge in [0.05, 0.1) is 67.9 Å². The highest BCUT2D eigenvalue weighted by molar-refractivity contribution is 5.04. The topological polar surface area (TPSA) is 469 Å². The molecule has 1 saturated carbocycles. The van der Waals surface area contributed by atoms with Crippen LogP contribution in [0.2, 0.25) is 0 Å². The quantitative estimate of drug-likeness (QED) is 0.0759. The van der Waals surface area contributed by atoms with E-state index in [1.165, 1.54) is 0 Å². The molecule has 0 aromatic rings. The summed E-state index contributed by atoms with van der Waals surface area (Å²) in [6.07, 6.45) is -24.4. The van der Waals surface area contributed by atoms with Crippen LogP contribution in [-0.4, -0.2) is 160 Å². The van der Waals surface area contributed by atoms with Gasteiger partial charge in [-0.05, 0) is 46.0 Å². The number of hydrogen-bond acceptors (Lipinski definition) is 18. The highest BCUT2D eigenvalue weighted by Gasteiger charge is 2.55. The van der Waals surface area contributed by atoms with E-state index < -0.39 is 129 Å². The molecule has 7 unspecified atom stereocenters. The number of aliphatic hydroxyl groups excluding tert-OH is 6. The van der Waals surface area contributed by atoms with Gasteiger partial charge in [0.1, 0.15) is 42.6 Å². The molecule has 30 heteroatoms. The van der Waals surface area contributed by atoms with Crippen molar-refractivity contribution in [3.05, 3.63) is 62.7 Å². The predicted molar refractivity (Wildman–Crippen MR) is 171 cm³/mol. The van der Waals surface area contributed by atoms with Crippen LogP contribution in [0.4, 0.5) is 0 Å². The van der Waals surface area contributed by atoms with Crippen molar-refractivity contribution in [3.63, 3.8) is 0 Å². The molecule has 4 fully saturated rings. The fourth-order valence-electron chi connectivity index (χ4n) is 6.58. The van der Waals surface area contributed by atoms with E-state index in [1.54, 1.807) is 6.92 Å². The van der Waals surface area contributed by atoms with Crippen LogP contribution in [0.25, 0.3) is 62.7 Å². The monoisotopic (exact) mass is 768 g/mol. The number of ether oxygens (including phenoxy) is 6. The zero-order valence-corrected chi connectivity index (χ0v) is 28.0. The van der Waals surface area contributed by atoms with E-state index in [0.29, 0.717) is 0 Å². The number of rotatable bonds is 15. The van der Waals surface area contributed by atoms with Gasteiger partial charge in [-0.25, -0.2) is 0 Å². The molecular formula is C24H36N18O12. The van der Waals surface area contributed by atoms with E-state index in [2.05, 4.69) is 60.2 Å². The van der Waals surface area contributed by atoms with E-state index in [1.807, 2.05) is 0 Å². The maximum absolute atomic E-state index is 11.5. The van der Waals surface area contributed by atoms with E-state index in [4.69, 9.17) is 45.0 Å². The molecule has 54 heavy (non-hydrogen) atoms. The van der Waals surface area contributed by atoms with Gasteiger partial charge in [0.2, 0.25) is 0 Å². The van der Waals surface area contributed by atoms with Gasteiger partial charge in [0.25, 0.3) is 0 Å². The first-order valence-corrected chi connectivity index (χ1v) is 16.2. The third-order valence-corrected chi connectivity index (χ3v) is 9.24. The average molecular weight is 769 g/mol. The Balaban J connectivity index is 1.67. The van der Waals surface area contributed by atoms with Crippen molar-refractivity contribution >= 4 is 0 Å². The van der Waals surface area contributed by atoms with Crippen LogP contribution in [0.1, 0.15) is 19.8 Å². The Morgan fingerprint density at radius 2 is 0.944 bits per heavy atom. The standard InChI is InChI=1S/C24H36N18O12/c1-2-8-20(53-23-12(36-42-30)17(47)15(45)10(51-23)5-32-38-26)18(48)24(49-8)54-21-13(43)6(33-39-27)3-7(34-40-28)19(21)52-22-11(35-41-29)16(46)14(44)9(50-22)4-31-37-25/h6-24,43-48H,2-5H2,1H3/t6-,7?,8-,9?,10+,11?,12?,13?,14+,15-,16-,17?,18?,19+,20+,21-,22+,23-,24+/m1/s1. The molecule has 3 saturated heterocycles. The minimum absolute atomic E-state index is 0.125. The summed E-state index contributed by atoms with van der Waals surface area (Å²) in [7, 11) is 0. The summed E-state index contributed by atoms with van der Waals surface area (Å²) in [5.41, 5.74) is 54.4. The maximum atomic E-state index is 11.5. The van der Waals surface area contributed by atoms with Crippen molar-refractivity contribution in [2.45, 2.75) is 136 Å². The van der Waals surface area contributed by atoms with Crippen LogP contribution in [-0.2, 0) is 28.4 Å². The molecule has 6 N–H and O–H groups in total. The molecule has 4 rings (SSSR count). The summed E-state index contributed by atoms with van der Waals surface area (Å²) < 4.78 is 35.4. The van der Waals surface area contributed by atoms with Crippen molar-refractivity contribution in [2.24, 2.45) is 30.7 Å². The van der Waals surface area contributed by atoms with Crippen LogP contribution in [0.3, 0.4) is 0 Å². The van der Waals surface area contributed by atoms with E-state index >= 15 is 0 Å². The van der Waals surface area contributed by atoms with Gasteiger partial charge in [-0.1, -0.05) is 37.6 Å². The lowest BCUT2D eigenvalue weighted by Crippen LogP contribution is -2.63. The van der Waals surface area contributed by atoms with Crippen LogP contribution in [0.5, 0.6) is 0 Å². The predicted octanol–water partition coefficient (Wildman–Crippen LogP) is 0.632. The largest absolute Gasteiger partial charge is 0.390 e. The highest BCUT2D eigenvalue weighted by atomic mass is 16.8. The van der Waals surface area contributed by atoms with Gasteiger partial charge >= 0.3 is 0 Å². The van der Waals surface area contributed by atoms with Gasteiger partial charge in [-0.3, -0.25) is 0 Å². The van der Waals surface area contributed by atoms with Gasteiger partial charge < -0.3 is 59.1 Å². The Labute approximate surface area is 301 Å². The van der Waals surface area contributed by atoms with E-state index in [9.17, 15) is 47.2 Å². The molecule has 0 bridgehead atoms. The summed E-state index contributed by atoms with van der Waals surface area (Å²) >= 11 is 0. The molecule has 0 aromatic carbocycles. The lowest BCUT2D eigenvalue weighted by atomic mass is 9.84. The molecule has 3 heterocycles. The third kappa shape index (κ3) is 9.18. The van der Waals surface area contributed by atoms with Gasteiger partial charge in [0.15, 0.2) is 18.9 Å². The number of aliphatic hydroxyl groups is 6. The Hall–Kier alpha value is -4.62. The molecule has 0 spiro atoms. The Kier molecular flexibility index (Phi) is 15.3. The normalized spacial score (nSPS) is 43.1. The van der Waals surface area contributed by atoms with E-state index in [0.717, 1.165) is 0 Å². The number of nitrogens with zero attached hydrogens (tertiary/aromatic N) is 18. The first kappa shape index (κ1) is 42.1. The van der Waals surface area contributed by atoms with Crippen molar-refractivity contribution in [3.8, 4) is 0 Å². The summed E-state index contributed by atoms with van der Waals surface area (Å²) in [5, 5.41) is 86.2. The fraction of sp³-hybridized carbons (Fsp3) is 1.00. The second kappa shape index (κ2) is 19.6. The summed E-state index contributed by atoms with van der Waals surface area (Å²) in [4.78, 5) is 16.0. The second-order valence-corrected chi connectivity index (χ2v) is 12.3. The van der Waals surface area contributed by atoms with Gasteiger partial charge in [0, 0.05) is 29.5 Å². The SMILES string of the molecule is CC[C@H]1O[C@@H](O[C@@H]2C(O)[C@H](N=[N+]=[N-])CC(N=[N+]=[N-])[C@@H]2O[C@@H]2OC(CN=[N+]=[N-])[C@H](O)[C@H](O)C2N=[N+]=[N-])C(O)[C@H]1O[C@H]1O[C@@H](CN=[N+]=[N-])[C@@H](O)C(O)C1N=[N+]=[N-].